The van der Waals surface area contributed by atoms with Crippen LogP contribution in [0.4, 0.5) is 0 Å². The van der Waals surface area contributed by atoms with Crippen molar-refractivity contribution < 1.29 is 19.4 Å². The lowest BCUT2D eigenvalue weighted by Gasteiger charge is -2.10. The smallest absolute Gasteiger partial charge is 0.231 e. The Hall–Kier alpha value is -1.75. The van der Waals surface area contributed by atoms with E-state index in [4.69, 9.17) is 14.6 Å². The molecule has 1 aromatic carbocycles. The van der Waals surface area contributed by atoms with E-state index in [0.29, 0.717) is 6.42 Å². The van der Waals surface area contributed by atoms with Crippen molar-refractivity contribution in [2.45, 2.75) is 18.9 Å². The van der Waals surface area contributed by atoms with Crippen molar-refractivity contribution in [1.29, 1.82) is 0 Å². The molecule has 96 valence electrons. The number of hydrogen-bond donors (Lipinski definition) is 2. The summed E-state index contributed by atoms with van der Waals surface area (Å²) in [5, 5.41) is 11.9. The summed E-state index contributed by atoms with van der Waals surface area (Å²) >= 11 is 0. The molecule has 1 amide bonds. The predicted molar refractivity (Wildman–Crippen MR) is 63.3 cm³/mol. The molecule has 1 saturated heterocycles. The fraction of sp³-hybridized carbons (Fsp3) is 0.462. The summed E-state index contributed by atoms with van der Waals surface area (Å²) in [4.78, 5) is 11.7. The highest BCUT2D eigenvalue weighted by atomic mass is 16.7. The lowest BCUT2D eigenvalue weighted by atomic mass is 9.97. The molecule has 2 N–H and O–H groups in total. The number of rotatable bonds is 3. The zero-order valence-corrected chi connectivity index (χ0v) is 9.89. The molecule has 0 aliphatic carbocycles. The standard InChI is InChI=1S/C13H15NO4/c15-4-3-9-5-10(14-13(9)16)8-1-2-11-12(6-8)18-7-17-11/h1-2,6,9-10,15H,3-5,7H2,(H,14,16). The summed E-state index contributed by atoms with van der Waals surface area (Å²) in [5.74, 6) is 1.40. The number of aliphatic hydroxyl groups is 1. The third-order valence-electron chi connectivity index (χ3n) is 3.48. The number of benzene rings is 1. The third-order valence-corrected chi connectivity index (χ3v) is 3.48. The summed E-state index contributed by atoms with van der Waals surface area (Å²) in [5.41, 5.74) is 1.02. The number of ether oxygens (including phenoxy) is 2. The Morgan fingerprint density at radius 3 is 3.00 bits per heavy atom. The Morgan fingerprint density at radius 1 is 1.33 bits per heavy atom. The van der Waals surface area contributed by atoms with Gasteiger partial charge in [-0.05, 0) is 30.5 Å². The first kappa shape index (κ1) is 11.3. The highest BCUT2D eigenvalue weighted by Crippen LogP contribution is 2.37. The second-order valence-corrected chi connectivity index (χ2v) is 4.62. The van der Waals surface area contributed by atoms with Crippen LogP contribution < -0.4 is 14.8 Å². The zero-order chi connectivity index (χ0) is 12.5. The van der Waals surface area contributed by atoms with Gasteiger partial charge in [0, 0.05) is 12.5 Å². The summed E-state index contributed by atoms with van der Waals surface area (Å²) in [6.07, 6.45) is 1.24. The molecule has 2 atom stereocenters. The van der Waals surface area contributed by atoms with Crippen LogP contribution in [0.5, 0.6) is 11.5 Å². The van der Waals surface area contributed by atoms with Crippen LogP contribution in [-0.4, -0.2) is 24.4 Å². The minimum Gasteiger partial charge on any atom is -0.454 e. The van der Waals surface area contributed by atoms with Crippen molar-refractivity contribution in [3.63, 3.8) is 0 Å². The molecular weight excluding hydrogens is 234 g/mol. The van der Waals surface area contributed by atoms with Crippen LogP contribution in [-0.2, 0) is 4.79 Å². The van der Waals surface area contributed by atoms with Crippen LogP contribution in [0, 0.1) is 5.92 Å². The van der Waals surface area contributed by atoms with Crippen LogP contribution in [0.15, 0.2) is 18.2 Å². The van der Waals surface area contributed by atoms with Gasteiger partial charge < -0.3 is 19.9 Å². The summed E-state index contributed by atoms with van der Waals surface area (Å²) in [6, 6.07) is 5.72. The minimum absolute atomic E-state index is 0.00329. The summed E-state index contributed by atoms with van der Waals surface area (Å²) in [7, 11) is 0. The van der Waals surface area contributed by atoms with Crippen LogP contribution in [0.2, 0.25) is 0 Å². The Kier molecular flexibility index (Phi) is 2.83. The molecule has 0 radical (unpaired) electrons. The van der Waals surface area contributed by atoms with Crippen LogP contribution in [0.3, 0.4) is 0 Å². The topological polar surface area (TPSA) is 67.8 Å². The van der Waals surface area contributed by atoms with Crippen molar-refractivity contribution in [3.8, 4) is 11.5 Å². The van der Waals surface area contributed by atoms with E-state index in [-0.39, 0.29) is 31.3 Å². The van der Waals surface area contributed by atoms with Gasteiger partial charge in [0.1, 0.15) is 0 Å². The summed E-state index contributed by atoms with van der Waals surface area (Å²) in [6.45, 7) is 0.300. The van der Waals surface area contributed by atoms with Crippen molar-refractivity contribution in [2.24, 2.45) is 5.92 Å². The molecule has 3 rings (SSSR count). The molecule has 2 unspecified atom stereocenters. The largest absolute Gasteiger partial charge is 0.454 e. The van der Waals surface area contributed by atoms with E-state index < -0.39 is 0 Å². The highest BCUT2D eigenvalue weighted by molar-refractivity contribution is 5.81. The van der Waals surface area contributed by atoms with Crippen LogP contribution >= 0.6 is 0 Å². The molecule has 0 saturated carbocycles. The Morgan fingerprint density at radius 2 is 2.17 bits per heavy atom. The first-order valence-corrected chi connectivity index (χ1v) is 6.08. The Balaban J connectivity index is 1.78. The van der Waals surface area contributed by atoms with Gasteiger partial charge in [-0.2, -0.15) is 0 Å². The normalized spacial score (nSPS) is 25.3. The van der Waals surface area contributed by atoms with Gasteiger partial charge in [-0.15, -0.1) is 0 Å². The molecule has 0 spiro atoms. The lowest BCUT2D eigenvalue weighted by Crippen LogP contribution is -2.21. The van der Waals surface area contributed by atoms with Gasteiger partial charge in [0.15, 0.2) is 11.5 Å². The van der Waals surface area contributed by atoms with E-state index >= 15 is 0 Å². The monoisotopic (exact) mass is 249 g/mol. The molecule has 5 heteroatoms. The maximum atomic E-state index is 11.7. The highest BCUT2D eigenvalue weighted by Gasteiger charge is 2.32. The third kappa shape index (κ3) is 1.90. The van der Waals surface area contributed by atoms with Crippen molar-refractivity contribution in [2.75, 3.05) is 13.4 Å². The molecule has 1 aromatic rings. The molecule has 5 nitrogen and oxygen atoms in total. The van der Waals surface area contributed by atoms with Gasteiger partial charge in [-0.25, -0.2) is 0 Å². The van der Waals surface area contributed by atoms with Gasteiger partial charge in [0.25, 0.3) is 0 Å². The van der Waals surface area contributed by atoms with Crippen molar-refractivity contribution >= 4 is 5.91 Å². The number of hydrogen-bond acceptors (Lipinski definition) is 4. The second kappa shape index (κ2) is 4.49. The molecular formula is C13H15NO4. The first-order valence-electron chi connectivity index (χ1n) is 6.08. The number of carbonyl (C=O) groups is 1. The van der Waals surface area contributed by atoms with Gasteiger partial charge in [0.05, 0.1) is 6.04 Å². The maximum absolute atomic E-state index is 11.7. The van der Waals surface area contributed by atoms with E-state index in [1.54, 1.807) is 0 Å². The zero-order valence-electron chi connectivity index (χ0n) is 9.89. The number of nitrogens with one attached hydrogen (secondary N) is 1. The van der Waals surface area contributed by atoms with E-state index in [0.717, 1.165) is 23.5 Å². The lowest BCUT2D eigenvalue weighted by molar-refractivity contribution is -0.123. The van der Waals surface area contributed by atoms with Gasteiger partial charge in [0.2, 0.25) is 12.7 Å². The van der Waals surface area contributed by atoms with Crippen LogP contribution in [0.25, 0.3) is 0 Å². The number of carbonyl (C=O) groups excluding carboxylic acids is 1. The number of aliphatic hydroxyl groups excluding tert-OH is 1. The van der Waals surface area contributed by atoms with Gasteiger partial charge >= 0.3 is 0 Å². The molecule has 2 aliphatic heterocycles. The van der Waals surface area contributed by atoms with E-state index in [9.17, 15) is 4.79 Å². The molecule has 0 bridgehead atoms. The average Bonchev–Trinajstić information content (AvgIpc) is 2.96. The predicted octanol–water partition coefficient (Wildman–Crippen LogP) is 0.975. The minimum atomic E-state index is -0.0922. The maximum Gasteiger partial charge on any atom is 0.231 e. The fourth-order valence-corrected chi connectivity index (χ4v) is 2.49. The van der Waals surface area contributed by atoms with E-state index in [2.05, 4.69) is 5.32 Å². The molecule has 18 heavy (non-hydrogen) atoms. The molecule has 0 aromatic heterocycles. The van der Waals surface area contributed by atoms with E-state index in [1.165, 1.54) is 0 Å². The number of fused-ring (bicyclic) bond motifs is 1. The SMILES string of the molecule is O=C1NC(c2ccc3c(c2)OCO3)CC1CCO. The molecule has 1 fully saturated rings. The average molecular weight is 249 g/mol. The van der Waals surface area contributed by atoms with Gasteiger partial charge in [-0.3, -0.25) is 4.79 Å². The van der Waals surface area contributed by atoms with Crippen LogP contribution in [0.1, 0.15) is 24.4 Å². The Labute approximate surface area is 105 Å². The first-order chi connectivity index (χ1) is 8.78. The summed E-state index contributed by atoms with van der Waals surface area (Å²) < 4.78 is 10.6. The van der Waals surface area contributed by atoms with E-state index in [1.807, 2.05) is 18.2 Å². The fourth-order valence-electron chi connectivity index (χ4n) is 2.49. The van der Waals surface area contributed by atoms with Crippen molar-refractivity contribution in [1.82, 2.24) is 5.32 Å². The quantitative estimate of drug-likeness (QED) is 0.837. The number of amides is 1. The second-order valence-electron chi connectivity index (χ2n) is 4.62. The Bertz CT molecular complexity index is 474. The van der Waals surface area contributed by atoms with Crippen molar-refractivity contribution in [3.05, 3.63) is 23.8 Å². The van der Waals surface area contributed by atoms with Gasteiger partial charge in [-0.1, -0.05) is 6.07 Å². The molecule has 2 heterocycles. The molecule has 2 aliphatic rings.